The number of aromatic nitrogens is 2. The van der Waals surface area contributed by atoms with Crippen molar-refractivity contribution in [2.75, 3.05) is 21.3 Å². The van der Waals surface area contributed by atoms with Crippen LogP contribution in [-0.4, -0.2) is 36.2 Å². The summed E-state index contributed by atoms with van der Waals surface area (Å²) in [5.74, 6) is 1.64. The maximum absolute atomic E-state index is 10.7. The van der Waals surface area contributed by atoms with Crippen LogP contribution in [0.25, 0.3) is 28.2 Å². The maximum atomic E-state index is 10.7. The van der Waals surface area contributed by atoms with Crippen LogP contribution in [0.5, 0.6) is 23.0 Å². The van der Waals surface area contributed by atoms with Gasteiger partial charge in [0.1, 0.15) is 28.7 Å². The minimum atomic E-state index is -0.00259. The standard InChI is InChI=1S/C24H21ClN2O4/c1-29-16-8-6-7-15(11-16)21-14-19(26-27(21)20-10-5-4-9-18(20)25)24-22(28)12-17(30-2)13-23(24)31-3/h4-14,28H,1-3H3. The molecule has 1 heterocycles. The lowest BCUT2D eigenvalue weighted by atomic mass is 10.1. The van der Waals surface area contributed by atoms with Gasteiger partial charge in [-0.05, 0) is 30.3 Å². The van der Waals surface area contributed by atoms with E-state index in [1.165, 1.54) is 20.3 Å². The van der Waals surface area contributed by atoms with Gasteiger partial charge in [0, 0.05) is 17.7 Å². The minimum absolute atomic E-state index is 0.00259. The van der Waals surface area contributed by atoms with Gasteiger partial charge < -0.3 is 19.3 Å². The zero-order valence-corrected chi connectivity index (χ0v) is 18.1. The number of methoxy groups -OCH3 is 3. The van der Waals surface area contributed by atoms with Gasteiger partial charge in [-0.1, -0.05) is 35.9 Å². The number of benzene rings is 3. The topological polar surface area (TPSA) is 65.7 Å². The van der Waals surface area contributed by atoms with E-state index in [4.69, 9.17) is 30.9 Å². The minimum Gasteiger partial charge on any atom is -0.507 e. The molecule has 158 valence electrons. The molecule has 0 aliphatic carbocycles. The summed E-state index contributed by atoms with van der Waals surface area (Å²) >= 11 is 6.49. The van der Waals surface area contributed by atoms with Crippen LogP contribution in [0.15, 0.2) is 66.7 Å². The van der Waals surface area contributed by atoms with Crippen molar-refractivity contribution in [3.8, 4) is 51.2 Å². The van der Waals surface area contributed by atoms with Crippen LogP contribution in [0.1, 0.15) is 0 Å². The van der Waals surface area contributed by atoms with Gasteiger partial charge in [0.25, 0.3) is 0 Å². The Morgan fingerprint density at radius 2 is 1.61 bits per heavy atom. The molecule has 0 bridgehead atoms. The monoisotopic (exact) mass is 436 g/mol. The average Bonchev–Trinajstić information content (AvgIpc) is 3.23. The van der Waals surface area contributed by atoms with Crippen molar-refractivity contribution in [1.29, 1.82) is 0 Å². The molecule has 0 radical (unpaired) electrons. The lowest BCUT2D eigenvalue weighted by molar-refractivity contribution is 0.386. The second-order valence-electron chi connectivity index (χ2n) is 6.73. The van der Waals surface area contributed by atoms with Crippen LogP contribution in [-0.2, 0) is 0 Å². The number of phenolic OH excluding ortho intramolecular Hbond substituents is 1. The quantitative estimate of drug-likeness (QED) is 0.426. The van der Waals surface area contributed by atoms with Gasteiger partial charge in [-0.15, -0.1) is 0 Å². The first-order chi connectivity index (χ1) is 15.0. The number of rotatable bonds is 6. The lowest BCUT2D eigenvalue weighted by Crippen LogP contribution is -2.00. The molecule has 0 atom stereocenters. The lowest BCUT2D eigenvalue weighted by Gasteiger charge is -2.11. The normalized spacial score (nSPS) is 10.7. The van der Waals surface area contributed by atoms with Gasteiger partial charge in [-0.3, -0.25) is 0 Å². The van der Waals surface area contributed by atoms with E-state index < -0.39 is 0 Å². The van der Waals surface area contributed by atoms with Crippen LogP contribution in [0, 0.1) is 0 Å². The highest BCUT2D eigenvalue weighted by atomic mass is 35.5. The van der Waals surface area contributed by atoms with E-state index in [0.717, 1.165) is 17.0 Å². The van der Waals surface area contributed by atoms with Crippen molar-refractivity contribution in [2.24, 2.45) is 0 Å². The molecule has 3 aromatic carbocycles. The van der Waals surface area contributed by atoms with Crippen LogP contribution < -0.4 is 14.2 Å². The molecule has 0 saturated carbocycles. The number of nitrogens with zero attached hydrogens (tertiary/aromatic N) is 2. The molecule has 7 heteroatoms. The van der Waals surface area contributed by atoms with Crippen molar-refractivity contribution < 1.29 is 19.3 Å². The molecule has 4 aromatic rings. The number of para-hydroxylation sites is 1. The molecule has 0 aliphatic rings. The Kier molecular flexibility index (Phi) is 5.73. The van der Waals surface area contributed by atoms with E-state index >= 15 is 0 Å². The van der Waals surface area contributed by atoms with Gasteiger partial charge >= 0.3 is 0 Å². The molecule has 6 nitrogen and oxygen atoms in total. The third kappa shape index (κ3) is 3.90. The summed E-state index contributed by atoms with van der Waals surface area (Å²) in [6.07, 6.45) is 0. The molecular formula is C24H21ClN2O4. The van der Waals surface area contributed by atoms with E-state index in [-0.39, 0.29) is 5.75 Å². The van der Waals surface area contributed by atoms with Crippen molar-refractivity contribution in [3.63, 3.8) is 0 Å². The number of hydrogen-bond acceptors (Lipinski definition) is 5. The molecule has 31 heavy (non-hydrogen) atoms. The molecule has 1 N–H and O–H groups in total. The number of halogens is 1. The average molecular weight is 437 g/mol. The summed E-state index contributed by atoms with van der Waals surface area (Å²) in [4.78, 5) is 0. The van der Waals surface area contributed by atoms with Crippen molar-refractivity contribution in [3.05, 3.63) is 71.8 Å². The van der Waals surface area contributed by atoms with Gasteiger partial charge in [-0.25, -0.2) is 4.68 Å². The highest BCUT2D eigenvalue weighted by Gasteiger charge is 2.21. The fourth-order valence-electron chi connectivity index (χ4n) is 3.41. The smallest absolute Gasteiger partial charge is 0.135 e. The first kappa shape index (κ1) is 20.6. The number of phenols is 1. The molecule has 0 unspecified atom stereocenters. The number of hydrogen-bond donors (Lipinski definition) is 1. The van der Waals surface area contributed by atoms with E-state index in [1.807, 2.05) is 48.5 Å². The predicted octanol–water partition coefficient (Wildman–Crippen LogP) is 5.59. The second kappa shape index (κ2) is 8.62. The van der Waals surface area contributed by atoms with Crippen LogP contribution >= 0.6 is 11.6 Å². The summed E-state index contributed by atoms with van der Waals surface area (Å²) < 4.78 is 17.9. The summed E-state index contributed by atoms with van der Waals surface area (Å²) in [7, 11) is 4.68. The summed E-state index contributed by atoms with van der Waals surface area (Å²) in [5, 5.41) is 16.0. The van der Waals surface area contributed by atoms with Crippen LogP contribution in [0.3, 0.4) is 0 Å². The first-order valence-corrected chi connectivity index (χ1v) is 9.88. The third-order valence-electron chi connectivity index (χ3n) is 4.92. The zero-order chi connectivity index (χ0) is 22.0. The molecular weight excluding hydrogens is 416 g/mol. The maximum Gasteiger partial charge on any atom is 0.135 e. The summed E-state index contributed by atoms with van der Waals surface area (Å²) in [6.45, 7) is 0. The van der Waals surface area contributed by atoms with E-state index in [9.17, 15) is 5.11 Å². The van der Waals surface area contributed by atoms with Crippen molar-refractivity contribution in [2.45, 2.75) is 0 Å². The fourth-order valence-corrected chi connectivity index (χ4v) is 3.63. The van der Waals surface area contributed by atoms with E-state index in [2.05, 4.69) is 0 Å². The SMILES string of the molecule is COc1cccc(-c2cc(-c3c(O)cc(OC)cc3OC)nn2-c2ccccc2Cl)c1. The third-order valence-corrected chi connectivity index (χ3v) is 5.24. The Balaban J connectivity index is 1.98. The Labute approximate surface area is 185 Å². The Morgan fingerprint density at radius 3 is 2.32 bits per heavy atom. The highest BCUT2D eigenvalue weighted by Crippen LogP contribution is 2.42. The Bertz CT molecular complexity index is 1240. The fraction of sp³-hybridized carbons (Fsp3) is 0.125. The molecule has 0 spiro atoms. The number of ether oxygens (including phenoxy) is 3. The molecule has 0 aliphatic heterocycles. The van der Waals surface area contributed by atoms with Gasteiger partial charge in [0.05, 0.1) is 43.3 Å². The zero-order valence-electron chi connectivity index (χ0n) is 17.3. The highest BCUT2D eigenvalue weighted by molar-refractivity contribution is 6.32. The Hall–Kier alpha value is -3.64. The molecule has 4 rings (SSSR count). The van der Waals surface area contributed by atoms with Crippen LogP contribution in [0.2, 0.25) is 5.02 Å². The van der Waals surface area contributed by atoms with Crippen molar-refractivity contribution >= 4 is 11.6 Å². The molecule has 0 amide bonds. The molecule has 1 aromatic heterocycles. The summed E-state index contributed by atoms with van der Waals surface area (Å²) in [6, 6.07) is 20.2. The predicted molar refractivity (Wildman–Crippen MR) is 121 cm³/mol. The molecule has 0 saturated heterocycles. The van der Waals surface area contributed by atoms with E-state index in [0.29, 0.717) is 33.5 Å². The van der Waals surface area contributed by atoms with Crippen molar-refractivity contribution in [1.82, 2.24) is 9.78 Å². The Morgan fingerprint density at radius 1 is 0.839 bits per heavy atom. The largest absolute Gasteiger partial charge is 0.507 e. The molecule has 0 fully saturated rings. The van der Waals surface area contributed by atoms with E-state index in [1.54, 1.807) is 23.9 Å². The van der Waals surface area contributed by atoms with Gasteiger partial charge in [0.15, 0.2) is 0 Å². The van der Waals surface area contributed by atoms with Gasteiger partial charge in [0.2, 0.25) is 0 Å². The van der Waals surface area contributed by atoms with Gasteiger partial charge in [-0.2, -0.15) is 5.10 Å². The number of aromatic hydroxyl groups is 1. The first-order valence-electron chi connectivity index (χ1n) is 9.50. The second-order valence-corrected chi connectivity index (χ2v) is 7.14. The van der Waals surface area contributed by atoms with Crippen LogP contribution in [0.4, 0.5) is 0 Å². The summed E-state index contributed by atoms with van der Waals surface area (Å²) in [5.41, 5.74) is 3.34.